The standard InChI is InChI=1S/C17H29N5O2S.HI/c1-3-18-16(22-12-8-17(14-22)6-4-7-17)19-9-10-20-25(23,24)15-5-11-21(2)13-15;/h5,11,13,20H,3-4,6-10,12,14H2,1-2H3,(H,18,19);1H. The zero-order valence-electron chi connectivity index (χ0n) is 15.6. The van der Waals surface area contributed by atoms with Crippen molar-refractivity contribution in [3.05, 3.63) is 18.5 Å². The molecule has 2 heterocycles. The van der Waals surface area contributed by atoms with Crippen LogP contribution in [0.1, 0.15) is 32.6 Å². The van der Waals surface area contributed by atoms with Crippen LogP contribution in [0.5, 0.6) is 0 Å². The molecule has 0 radical (unpaired) electrons. The summed E-state index contributed by atoms with van der Waals surface area (Å²) in [5.41, 5.74) is 0.519. The Hall–Kier alpha value is -0.810. The topological polar surface area (TPSA) is 78.7 Å². The molecule has 9 heteroatoms. The average Bonchev–Trinajstić information content (AvgIpc) is 3.17. The second kappa shape index (κ2) is 8.92. The van der Waals surface area contributed by atoms with Gasteiger partial charge in [-0.15, -0.1) is 24.0 Å². The molecule has 1 aliphatic heterocycles. The van der Waals surface area contributed by atoms with E-state index in [0.29, 0.717) is 18.5 Å². The van der Waals surface area contributed by atoms with Gasteiger partial charge in [-0.1, -0.05) is 6.42 Å². The summed E-state index contributed by atoms with van der Waals surface area (Å²) in [6, 6.07) is 1.60. The summed E-state index contributed by atoms with van der Waals surface area (Å²) in [4.78, 5) is 7.24. The van der Waals surface area contributed by atoms with Crippen LogP contribution in [-0.4, -0.2) is 56.6 Å². The number of sulfonamides is 1. The van der Waals surface area contributed by atoms with Gasteiger partial charge in [-0.25, -0.2) is 13.1 Å². The second-order valence-electron chi connectivity index (χ2n) is 7.17. The fourth-order valence-corrected chi connectivity index (χ4v) is 4.76. The van der Waals surface area contributed by atoms with Gasteiger partial charge in [0.15, 0.2) is 5.96 Å². The van der Waals surface area contributed by atoms with Gasteiger partial charge in [-0.2, -0.15) is 0 Å². The van der Waals surface area contributed by atoms with Crippen LogP contribution in [0.15, 0.2) is 28.3 Å². The van der Waals surface area contributed by atoms with Crippen molar-refractivity contribution in [1.82, 2.24) is 19.5 Å². The van der Waals surface area contributed by atoms with Gasteiger partial charge in [0, 0.05) is 45.6 Å². The summed E-state index contributed by atoms with van der Waals surface area (Å²) < 4.78 is 28.8. The minimum Gasteiger partial charge on any atom is -0.357 e. The minimum absolute atomic E-state index is 0. The van der Waals surface area contributed by atoms with Gasteiger partial charge in [0.1, 0.15) is 0 Å². The molecule has 0 unspecified atom stereocenters. The zero-order valence-corrected chi connectivity index (χ0v) is 18.7. The summed E-state index contributed by atoms with van der Waals surface area (Å²) in [6.45, 7) is 5.72. The van der Waals surface area contributed by atoms with Crippen LogP contribution in [0, 0.1) is 5.41 Å². The number of nitrogens with zero attached hydrogens (tertiary/aromatic N) is 3. The van der Waals surface area contributed by atoms with Crippen LogP contribution in [0.3, 0.4) is 0 Å². The Labute approximate surface area is 173 Å². The Kier molecular flexibility index (Phi) is 7.37. The number of guanidine groups is 1. The van der Waals surface area contributed by atoms with Crippen molar-refractivity contribution in [2.75, 3.05) is 32.7 Å². The number of nitrogens with one attached hydrogen (secondary N) is 2. The van der Waals surface area contributed by atoms with Crippen molar-refractivity contribution < 1.29 is 8.42 Å². The van der Waals surface area contributed by atoms with Crippen LogP contribution in [0.4, 0.5) is 0 Å². The molecule has 26 heavy (non-hydrogen) atoms. The van der Waals surface area contributed by atoms with Crippen LogP contribution in [0.25, 0.3) is 0 Å². The fourth-order valence-electron chi connectivity index (χ4n) is 3.69. The highest BCUT2D eigenvalue weighted by Gasteiger charge is 2.43. The van der Waals surface area contributed by atoms with E-state index in [9.17, 15) is 8.42 Å². The molecule has 7 nitrogen and oxygen atoms in total. The Morgan fingerprint density at radius 2 is 2.12 bits per heavy atom. The molecule has 2 fully saturated rings. The van der Waals surface area contributed by atoms with Gasteiger partial charge in [0.25, 0.3) is 0 Å². The summed E-state index contributed by atoms with van der Waals surface area (Å²) in [5.74, 6) is 0.908. The molecule has 0 aromatic carbocycles. The van der Waals surface area contributed by atoms with Gasteiger partial charge in [-0.3, -0.25) is 4.99 Å². The van der Waals surface area contributed by atoms with E-state index in [-0.39, 0.29) is 28.9 Å². The lowest BCUT2D eigenvalue weighted by molar-refractivity contribution is 0.151. The van der Waals surface area contributed by atoms with E-state index in [1.54, 1.807) is 30.1 Å². The molecule has 3 rings (SSSR count). The number of hydrogen-bond donors (Lipinski definition) is 2. The molecule has 2 aliphatic rings. The van der Waals surface area contributed by atoms with Crippen molar-refractivity contribution in [2.24, 2.45) is 17.5 Å². The lowest BCUT2D eigenvalue weighted by atomic mass is 9.68. The first-order valence-corrected chi connectivity index (χ1v) is 10.6. The number of halogens is 1. The predicted molar refractivity (Wildman–Crippen MR) is 114 cm³/mol. The summed E-state index contributed by atoms with van der Waals surface area (Å²) in [5, 5.41) is 3.34. The Bertz CT molecular complexity index is 727. The van der Waals surface area contributed by atoms with Crippen LogP contribution in [-0.2, 0) is 17.1 Å². The number of rotatable bonds is 6. The van der Waals surface area contributed by atoms with Crippen LogP contribution >= 0.6 is 24.0 Å². The molecule has 1 aromatic rings. The Morgan fingerprint density at radius 1 is 1.35 bits per heavy atom. The molecule has 1 spiro atoms. The van der Waals surface area contributed by atoms with Crippen LogP contribution < -0.4 is 10.0 Å². The van der Waals surface area contributed by atoms with Gasteiger partial charge >= 0.3 is 0 Å². The molecule has 0 bridgehead atoms. The molecule has 1 aromatic heterocycles. The third kappa shape index (κ3) is 4.92. The average molecular weight is 495 g/mol. The third-order valence-electron chi connectivity index (χ3n) is 5.27. The van der Waals surface area contributed by atoms with E-state index in [0.717, 1.165) is 25.6 Å². The molecule has 148 valence electrons. The predicted octanol–water partition coefficient (Wildman–Crippen LogP) is 1.76. The maximum atomic E-state index is 12.2. The van der Waals surface area contributed by atoms with Crippen molar-refractivity contribution in [3.8, 4) is 0 Å². The number of likely N-dealkylation sites (tertiary alicyclic amines) is 1. The molecule has 2 N–H and O–H groups in total. The van der Waals surface area contributed by atoms with E-state index in [1.807, 2.05) is 0 Å². The molecular formula is C17H30IN5O2S. The maximum Gasteiger partial charge on any atom is 0.242 e. The lowest BCUT2D eigenvalue weighted by Gasteiger charge is -2.38. The Morgan fingerprint density at radius 3 is 2.65 bits per heavy atom. The first-order chi connectivity index (χ1) is 11.9. The van der Waals surface area contributed by atoms with Crippen molar-refractivity contribution >= 4 is 40.0 Å². The monoisotopic (exact) mass is 495 g/mol. The van der Waals surface area contributed by atoms with Gasteiger partial charge in [0.05, 0.1) is 11.4 Å². The van der Waals surface area contributed by atoms with Gasteiger partial charge in [0.2, 0.25) is 10.0 Å². The zero-order chi connectivity index (χ0) is 17.9. The number of aliphatic imine (C=N–C) groups is 1. The van der Waals surface area contributed by atoms with E-state index >= 15 is 0 Å². The van der Waals surface area contributed by atoms with Crippen LogP contribution in [0.2, 0.25) is 0 Å². The molecule has 0 amide bonds. The fraction of sp³-hybridized carbons (Fsp3) is 0.706. The Balaban J connectivity index is 0.00000243. The molecule has 1 saturated carbocycles. The highest BCUT2D eigenvalue weighted by Crippen LogP contribution is 2.47. The van der Waals surface area contributed by atoms with E-state index in [1.165, 1.54) is 25.7 Å². The SMILES string of the molecule is CCNC(=NCCNS(=O)(=O)c1ccn(C)c1)N1CCC2(CCC2)C1.I. The van der Waals surface area contributed by atoms with E-state index in [4.69, 9.17) is 0 Å². The first kappa shape index (κ1) is 21.5. The number of aryl methyl sites for hydroxylation is 1. The van der Waals surface area contributed by atoms with Crippen molar-refractivity contribution in [3.63, 3.8) is 0 Å². The normalized spacial score (nSPS) is 19.3. The van der Waals surface area contributed by atoms with Crippen molar-refractivity contribution in [2.45, 2.75) is 37.5 Å². The molecule has 1 saturated heterocycles. The molecular weight excluding hydrogens is 465 g/mol. The largest absolute Gasteiger partial charge is 0.357 e. The number of hydrogen-bond acceptors (Lipinski definition) is 3. The molecule has 1 aliphatic carbocycles. The smallest absolute Gasteiger partial charge is 0.242 e. The first-order valence-electron chi connectivity index (χ1n) is 9.09. The highest BCUT2D eigenvalue weighted by atomic mass is 127. The van der Waals surface area contributed by atoms with Gasteiger partial charge < -0.3 is 14.8 Å². The second-order valence-corrected chi connectivity index (χ2v) is 8.94. The van der Waals surface area contributed by atoms with Gasteiger partial charge in [-0.05, 0) is 37.7 Å². The highest BCUT2D eigenvalue weighted by molar-refractivity contribution is 14.0. The number of aromatic nitrogens is 1. The van der Waals surface area contributed by atoms with Crippen molar-refractivity contribution in [1.29, 1.82) is 0 Å². The summed E-state index contributed by atoms with van der Waals surface area (Å²) in [7, 11) is -1.65. The maximum absolute atomic E-state index is 12.2. The van der Waals surface area contributed by atoms with E-state index < -0.39 is 10.0 Å². The molecule has 0 atom stereocenters. The third-order valence-corrected chi connectivity index (χ3v) is 6.71. The summed E-state index contributed by atoms with van der Waals surface area (Å²) >= 11 is 0. The lowest BCUT2D eigenvalue weighted by Crippen LogP contribution is -2.43. The van der Waals surface area contributed by atoms with E-state index in [2.05, 4.69) is 26.9 Å². The minimum atomic E-state index is -3.46. The quantitative estimate of drug-likeness (QED) is 0.273. The summed E-state index contributed by atoms with van der Waals surface area (Å²) in [6.07, 6.45) is 8.58.